The first kappa shape index (κ1) is 14.1. The maximum atomic E-state index is 12.4. The number of hydrogen-bond donors (Lipinski definition) is 1. The van der Waals surface area contributed by atoms with Crippen LogP contribution in [-0.4, -0.2) is 37.4 Å². The quantitative estimate of drug-likeness (QED) is 0.916. The smallest absolute Gasteiger partial charge is 0.405 e. The van der Waals surface area contributed by atoms with Gasteiger partial charge in [0.2, 0.25) is 0 Å². The lowest BCUT2D eigenvalue weighted by atomic mass is 10.1. The first-order valence-corrected chi connectivity index (χ1v) is 6.27. The first-order chi connectivity index (χ1) is 8.97. The Morgan fingerprint density at radius 2 is 1.84 bits per heavy atom. The number of para-hydroxylation sites is 1. The van der Waals surface area contributed by atoms with Crippen LogP contribution in [0.25, 0.3) is 0 Å². The Balaban J connectivity index is 2.18. The molecule has 2 rings (SSSR count). The Morgan fingerprint density at radius 1 is 1.21 bits per heavy atom. The molecule has 1 N–H and O–H groups in total. The van der Waals surface area contributed by atoms with Gasteiger partial charge in [-0.05, 0) is 13.0 Å². The van der Waals surface area contributed by atoms with E-state index >= 15 is 0 Å². The number of alkyl halides is 3. The van der Waals surface area contributed by atoms with Crippen LogP contribution in [-0.2, 0) is 0 Å². The van der Waals surface area contributed by atoms with Crippen LogP contribution in [0.3, 0.4) is 0 Å². The predicted octanol–water partition coefficient (Wildman–Crippen LogP) is 2.55. The summed E-state index contributed by atoms with van der Waals surface area (Å²) in [4.78, 5) is 2.15. The van der Waals surface area contributed by atoms with E-state index in [1.54, 1.807) is 18.2 Å². The molecule has 106 valence electrons. The molecular formula is C13H17F3N2O. The molecule has 0 aliphatic carbocycles. The molecule has 1 aromatic carbocycles. The highest BCUT2D eigenvalue weighted by atomic mass is 19.4. The highest BCUT2D eigenvalue weighted by Crippen LogP contribution is 2.32. The zero-order chi connectivity index (χ0) is 13.9. The molecule has 0 bridgehead atoms. The van der Waals surface area contributed by atoms with Crippen LogP contribution in [0.5, 0.6) is 5.75 Å². The van der Waals surface area contributed by atoms with Crippen LogP contribution in [0.4, 0.5) is 13.2 Å². The van der Waals surface area contributed by atoms with Gasteiger partial charge in [0.15, 0.2) is 0 Å². The standard InChI is InChI=1S/C13H17F3N2O/c1-10(18-8-6-17-7-9-18)11-4-2-3-5-12(11)19-13(14,15)16/h2-5,10,17H,6-9H2,1H3/t10-/m0/s1. The van der Waals surface area contributed by atoms with Crippen LogP contribution >= 0.6 is 0 Å². The maximum absolute atomic E-state index is 12.4. The SMILES string of the molecule is C[C@@H](c1ccccc1OC(F)(F)F)N1CCNCC1. The van der Waals surface area contributed by atoms with E-state index < -0.39 is 6.36 Å². The molecule has 1 heterocycles. The number of piperazine rings is 1. The van der Waals surface area contributed by atoms with Crippen LogP contribution in [0, 0.1) is 0 Å². The molecule has 0 aromatic heterocycles. The number of nitrogens with zero attached hydrogens (tertiary/aromatic N) is 1. The molecule has 1 saturated heterocycles. The van der Waals surface area contributed by atoms with Crippen LogP contribution in [0.1, 0.15) is 18.5 Å². The summed E-state index contributed by atoms with van der Waals surface area (Å²) in [6.07, 6.45) is -4.65. The first-order valence-electron chi connectivity index (χ1n) is 6.27. The van der Waals surface area contributed by atoms with Gasteiger partial charge in [0.05, 0.1) is 0 Å². The minimum atomic E-state index is -4.65. The fraction of sp³-hybridized carbons (Fsp3) is 0.538. The number of benzene rings is 1. The molecule has 1 fully saturated rings. The topological polar surface area (TPSA) is 24.5 Å². The van der Waals surface area contributed by atoms with Crippen molar-refractivity contribution in [1.82, 2.24) is 10.2 Å². The van der Waals surface area contributed by atoms with Crippen molar-refractivity contribution < 1.29 is 17.9 Å². The van der Waals surface area contributed by atoms with Gasteiger partial charge in [0.1, 0.15) is 5.75 Å². The molecule has 19 heavy (non-hydrogen) atoms. The third-order valence-corrected chi connectivity index (χ3v) is 3.29. The Bertz CT molecular complexity index is 417. The second kappa shape index (κ2) is 5.79. The normalized spacial score (nSPS) is 19.2. The number of rotatable bonds is 3. The maximum Gasteiger partial charge on any atom is 0.573 e. The molecule has 0 unspecified atom stereocenters. The Kier molecular flexibility index (Phi) is 4.31. The number of ether oxygens (including phenoxy) is 1. The molecule has 1 aliphatic heterocycles. The van der Waals surface area contributed by atoms with Gasteiger partial charge in [0, 0.05) is 37.8 Å². The van der Waals surface area contributed by atoms with E-state index in [-0.39, 0.29) is 11.8 Å². The van der Waals surface area contributed by atoms with Crippen molar-refractivity contribution in [3.05, 3.63) is 29.8 Å². The average Bonchev–Trinajstić information content (AvgIpc) is 2.38. The third kappa shape index (κ3) is 3.84. The summed E-state index contributed by atoms with van der Waals surface area (Å²) < 4.78 is 41.2. The number of hydrogen-bond acceptors (Lipinski definition) is 3. The van der Waals surface area contributed by atoms with Gasteiger partial charge in [-0.1, -0.05) is 18.2 Å². The second-order valence-corrected chi connectivity index (χ2v) is 4.55. The summed E-state index contributed by atoms with van der Waals surface area (Å²) in [5.41, 5.74) is 0.571. The van der Waals surface area contributed by atoms with Gasteiger partial charge in [-0.2, -0.15) is 0 Å². The lowest BCUT2D eigenvalue weighted by molar-refractivity contribution is -0.275. The molecule has 0 saturated carbocycles. The monoisotopic (exact) mass is 274 g/mol. The Labute approximate surface area is 110 Å². The second-order valence-electron chi connectivity index (χ2n) is 4.55. The Hall–Kier alpha value is -1.27. The van der Waals surface area contributed by atoms with E-state index in [0.29, 0.717) is 5.56 Å². The minimum absolute atomic E-state index is 0.0966. The summed E-state index contributed by atoms with van der Waals surface area (Å²) in [6.45, 7) is 5.26. The van der Waals surface area contributed by atoms with Crippen molar-refractivity contribution in [2.45, 2.75) is 19.3 Å². The number of nitrogens with one attached hydrogen (secondary N) is 1. The lowest BCUT2D eigenvalue weighted by Crippen LogP contribution is -2.44. The van der Waals surface area contributed by atoms with Crippen molar-refractivity contribution in [1.29, 1.82) is 0 Å². The summed E-state index contributed by atoms with van der Waals surface area (Å²) in [7, 11) is 0. The van der Waals surface area contributed by atoms with E-state index in [9.17, 15) is 13.2 Å². The van der Waals surface area contributed by atoms with Gasteiger partial charge >= 0.3 is 6.36 Å². The fourth-order valence-electron chi connectivity index (χ4n) is 2.31. The number of halogens is 3. The molecule has 1 aliphatic rings. The molecule has 1 aromatic rings. The molecular weight excluding hydrogens is 257 g/mol. The van der Waals surface area contributed by atoms with Gasteiger partial charge in [-0.25, -0.2) is 0 Å². The summed E-state index contributed by atoms with van der Waals surface area (Å²) in [6, 6.07) is 6.24. The zero-order valence-corrected chi connectivity index (χ0v) is 10.7. The van der Waals surface area contributed by atoms with Crippen molar-refractivity contribution in [3.8, 4) is 5.75 Å². The van der Waals surface area contributed by atoms with Gasteiger partial charge in [-0.15, -0.1) is 13.2 Å². The summed E-state index contributed by atoms with van der Waals surface area (Å²) in [5.74, 6) is -0.110. The molecule has 1 atom stereocenters. The summed E-state index contributed by atoms with van der Waals surface area (Å²) >= 11 is 0. The lowest BCUT2D eigenvalue weighted by Gasteiger charge is -2.33. The van der Waals surface area contributed by atoms with Gasteiger partial charge in [0.25, 0.3) is 0 Å². The van der Waals surface area contributed by atoms with E-state index in [4.69, 9.17) is 0 Å². The van der Waals surface area contributed by atoms with Crippen molar-refractivity contribution in [3.63, 3.8) is 0 Å². The van der Waals surface area contributed by atoms with Gasteiger partial charge < -0.3 is 10.1 Å². The molecule has 0 spiro atoms. The fourth-order valence-corrected chi connectivity index (χ4v) is 2.31. The van der Waals surface area contributed by atoms with Crippen molar-refractivity contribution in [2.75, 3.05) is 26.2 Å². The van der Waals surface area contributed by atoms with Crippen LogP contribution < -0.4 is 10.1 Å². The largest absolute Gasteiger partial charge is 0.573 e. The highest BCUT2D eigenvalue weighted by Gasteiger charge is 2.33. The predicted molar refractivity (Wildman–Crippen MR) is 66.0 cm³/mol. The third-order valence-electron chi connectivity index (χ3n) is 3.29. The van der Waals surface area contributed by atoms with E-state index in [1.807, 2.05) is 6.92 Å². The molecule has 6 heteroatoms. The van der Waals surface area contributed by atoms with E-state index in [0.717, 1.165) is 26.2 Å². The molecule has 0 radical (unpaired) electrons. The average molecular weight is 274 g/mol. The minimum Gasteiger partial charge on any atom is -0.405 e. The summed E-state index contributed by atoms with van der Waals surface area (Å²) in [5, 5.41) is 3.22. The highest BCUT2D eigenvalue weighted by molar-refractivity contribution is 5.35. The van der Waals surface area contributed by atoms with Crippen LogP contribution in [0.15, 0.2) is 24.3 Å². The van der Waals surface area contributed by atoms with Crippen LogP contribution in [0.2, 0.25) is 0 Å². The van der Waals surface area contributed by atoms with Crippen molar-refractivity contribution in [2.24, 2.45) is 0 Å². The van der Waals surface area contributed by atoms with Gasteiger partial charge in [-0.3, -0.25) is 4.90 Å². The molecule has 0 amide bonds. The Morgan fingerprint density at radius 3 is 2.47 bits per heavy atom. The van der Waals surface area contributed by atoms with Crippen molar-refractivity contribution >= 4 is 0 Å². The zero-order valence-electron chi connectivity index (χ0n) is 10.7. The molecule has 3 nitrogen and oxygen atoms in total. The van der Waals surface area contributed by atoms with E-state index in [1.165, 1.54) is 6.07 Å². The van der Waals surface area contributed by atoms with E-state index in [2.05, 4.69) is 15.0 Å².